The fourth-order valence-corrected chi connectivity index (χ4v) is 6.80. The van der Waals surface area contributed by atoms with Gasteiger partial charge in [0, 0.05) is 29.8 Å². The zero-order valence-electron chi connectivity index (χ0n) is 22.7. The highest BCUT2D eigenvalue weighted by atomic mass is 15.0. The third kappa shape index (κ3) is 3.32. The molecule has 0 amide bonds. The molecule has 0 unspecified atom stereocenters. The van der Waals surface area contributed by atoms with Crippen molar-refractivity contribution >= 4 is 32.4 Å². The zero-order valence-corrected chi connectivity index (χ0v) is 22.7. The van der Waals surface area contributed by atoms with Crippen LogP contribution < -0.4 is 0 Å². The monoisotopic (exact) mass is 536 g/mol. The van der Waals surface area contributed by atoms with Crippen molar-refractivity contribution in [2.45, 2.75) is 6.42 Å². The normalized spacial score (nSPS) is 12.2. The molecule has 0 aliphatic heterocycles. The Hall–Kier alpha value is -5.61. The Morgan fingerprint density at radius 2 is 1.02 bits per heavy atom. The van der Waals surface area contributed by atoms with Gasteiger partial charge in [0.2, 0.25) is 0 Å². The topological polar surface area (TPSA) is 43.6 Å². The number of fused-ring (bicyclic) bond motifs is 10. The van der Waals surface area contributed by atoms with Crippen LogP contribution in [0.2, 0.25) is 0 Å². The van der Waals surface area contributed by atoms with Gasteiger partial charge in [0.1, 0.15) is 0 Å². The lowest BCUT2D eigenvalue weighted by Crippen LogP contribution is -2.01. The van der Waals surface area contributed by atoms with E-state index in [4.69, 9.17) is 4.98 Å². The van der Waals surface area contributed by atoms with E-state index in [1.807, 2.05) is 48.8 Å². The zero-order chi connectivity index (χ0) is 27.6. The predicted octanol–water partition coefficient (Wildman–Crippen LogP) is 9.03. The number of para-hydroxylation sites is 1. The van der Waals surface area contributed by atoms with Gasteiger partial charge in [-0.3, -0.25) is 9.97 Å². The molecule has 1 aliphatic rings. The van der Waals surface area contributed by atoms with Gasteiger partial charge in [0.25, 0.3) is 0 Å². The molecule has 0 N–H and O–H groups in total. The molecule has 9 rings (SSSR count). The SMILES string of the molecule is c1ccc(-c2cc(-n3c4c(c5ccccc53)Cc3c-4c4ccccc4c4ccccc34)cc(-c3ccccn3)n2)nc1. The molecule has 0 radical (unpaired) electrons. The number of nitrogens with zero attached hydrogens (tertiary/aromatic N) is 4. The number of hydrogen-bond acceptors (Lipinski definition) is 3. The molecular formula is C38H24N4. The maximum atomic E-state index is 5.05. The van der Waals surface area contributed by atoms with E-state index in [1.165, 1.54) is 54.8 Å². The third-order valence-electron chi connectivity index (χ3n) is 8.53. The van der Waals surface area contributed by atoms with Gasteiger partial charge < -0.3 is 4.57 Å². The molecule has 4 aromatic carbocycles. The average molecular weight is 537 g/mol. The van der Waals surface area contributed by atoms with E-state index in [-0.39, 0.29) is 0 Å². The highest BCUT2D eigenvalue weighted by molar-refractivity contribution is 6.18. The quantitative estimate of drug-likeness (QED) is 0.212. The van der Waals surface area contributed by atoms with E-state index in [0.29, 0.717) is 0 Å². The fraction of sp³-hybridized carbons (Fsp3) is 0.0263. The molecule has 0 bridgehead atoms. The molecule has 196 valence electrons. The van der Waals surface area contributed by atoms with Gasteiger partial charge in [-0.1, -0.05) is 78.9 Å². The van der Waals surface area contributed by atoms with Crippen LogP contribution in [0.3, 0.4) is 0 Å². The lowest BCUT2D eigenvalue weighted by atomic mass is 9.92. The van der Waals surface area contributed by atoms with Crippen LogP contribution in [0.15, 0.2) is 134 Å². The summed E-state index contributed by atoms with van der Waals surface area (Å²) >= 11 is 0. The fourth-order valence-electron chi connectivity index (χ4n) is 6.80. The van der Waals surface area contributed by atoms with Gasteiger partial charge >= 0.3 is 0 Å². The average Bonchev–Trinajstić information content (AvgIpc) is 3.61. The lowest BCUT2D eigenvalue weighted by molar-refractivity contribution is 1.11. The number of hydrogen-bond donors (Lipinski definition) is 0. The molecule has 4 aromatic heterocycles. The van der Waals surface area contributed by atoms with Gasteiger partial charge in [-0.2, -0.15) is 0 Å². The Bertz CT molecular complexity index is 2260. The highest BCUT2D eigenvalue weighted by Gasteiger charge is 2.31. The largest absolute Gasteiger partial charge is 0.309 e. The van der Waals surface area contributed by atoms with Gasteiger partial charge in [0.05, 0.1) is 39.7 Å². The van der Waals surface area contributed by atoms with Crippen molar-refractivity contribution in [3.63, 3.8) is 0 Å². The van der Waals surface area contributed by atoms with Crippen molar-refractivity contribution in [1.82, 2.24) is 19.5 Å². The first-order chi connectivity index (χ1) is 20.8. The first-order valence-corrected chi connectivity index (χ1v) is 14.3. The molecule has 8 aromatic rings. The van der Waals surface area contributed by atoms with Crippen LogP contribution in [0, 0.1) is 0 Å². The van der Waals surface area contributed by atoms with Crippen LogP contribution >= 0.6 is 0 Å². The molecule has 4 heterocycles. The molecule has 4 nitrogen and oxygen atoms in total. The number of aromatic nitrogens is 4. The Balaban J connectivity index is 1.42. The van der Waals surface area contributed by atoms with Gasteiger partial charge in [0.15, 0.2) is 0 Å². The molecule has 42 heavy (non-hydrogen) atoms. The third-order valence-corrected chi connectivity index (χ3v) is 8.53. The van der Waals surface area contributed by atoms with Gasteiger partial charge in [-0.05, 0) is 75.1 Å². The first-order valence-electron chi connectivity index (χ1n) is 14.3. The van der Waals surface area contributed by atoms with Crippen molar-refractivity contribution in [2.24, 2.45) is 0 Å². The molecule has 0 saturated heterocycles. The van der Waals surface area contributed by atoms with Crippen LogP contribution in [0.4, 0.5) is 0 Å². The van der Waals surface area contributed by atoms with Gasteiger partial charge in [-0.25, -0.2) is 4.98 Å². The number of pyridine rings is 3. The van der Waals surface area contributed by atoms with E-state index in [9.17, 15) is 0 Å². The minimum absolute atomic E-state index is 0.821. The van der Waals surface area contributed by atoms with Crippen LogP contribution in [0.25, 0.3) is 72.2 Å². The van der Waals surface area contributed by atoms with E-state index in [2.05, 4.69) is 99.5 Å². The van der Waals surface area contributed by atoms with Crippen molar-refractivity contribution < 1.29 is 0 Å². The Morgan fingerprint density at radius 1 is 0.476 bits per heavy atom. The van der Waals surface area contributed by atoms with Crippen molar-refractivity contribution in [2.75, 3.05) is 0 Å². The standard InChI is InChI=1S/C38H24N4/c1-2-13-27-25(11-1)26-12-3-4-15-29(26)37-30(27)23-31-28-14-5-6-18-36(28)42(38(31)37)24-21-34(32-16-7-9-19-39-32)41-35(22-24)33-17-8-10-20-40-33/h1-22H,23H2. The summed E-state index contributed by atoms with van der Waals surface area (Å²) in [5.74, 6) is 0. The second-order valence-electron chi connectivity index (χ2n) is 10.8. The molecule has 4 heteroatoms. The van der Waals surface area contributed by atoms with E-state index in [1.54, 1.807) is 0 Å². The summed E-state index contributed by atoms with van der Waals surface area (Å²) in [6.45, 7) is 0. The maximum Gasteiger partial charge on any atom is 0.0915 e. The summed E-state index contributed by atoms with van der Waals surface area (Å²) in [5.41, 5.74) is 10.9. The predicted molar refractivity (Wildman–Crippen MR) is 171 cm³/mol. The van der Waals surface area contributed by atoms with E-state index < -0.39 is 0 Å². The van der Waals surface area contributed by atoms with Crippen molar-refractivity contribution in [3.05, 3.63) is 145 Å². The second-order valence-corrected chi connectivity index (χ2v) is 10.8. The molecule has 0 fully saturated rings. The first kappa shape index (κ1) is 23.1. The molecule has 0 spiro atoms. The van der Waals surface area contributed by atoms with Crippen LogP contribution in [-0.2, 0) is 6.42 Å². The second kappa shape index (κ2) is 8.95. The number of benzene rings is 4. The molecule has 1 aliphatic carbocycles. The van der Waals surface area contributed by atoms with Crippen LogP contribution in [0.5, 0.6) is 0 Å². The minimum atomic E-state index is 0.821. The summed E-state index contributed by atoms with van der Waals surface area (Å²) in [4.78, 5) is 14.4. The maximum absolute atomic E-state index is 5.05. The van der Waals surface area contributed by atoms with E-state index >= 15 is 0 Å². The molecule has 0 atom stereocenters. The molecule has 0 saturated carbocycles. The summed E-state index contributed by atoms with van der Waals surface area (Å²) in [7, 11) is 0. The molecular weight excluding hydrogens is 512 g/mol. The number of rotatable bonds is 3. The summed E-state index contributed by atoms with van der Waals surface area (Å²) < 4.78 is 2.44. The lowest BCUT2D eigenvalue weighted by Gasteiger charge is -2.17. The van der Waals surface area contributed by atoms with Crippen LogP contribution in [-0.4, -0.2) is 19.5 Å². The summed E-state index contributed by atoms with van der Waals surface area (Å²) in [6, 6.07) is 42.7. The van der Waals surface area contributed by atoms with Gasteiger partial charge in [-0.15, -0.1) is 0 Å². The summed E-state index contributed by atoms with van der Waals surface area (Å²) in [6.07, 6.45) is 4.54. The van der Waals surface area contributed by atoms with Crippen molar-refractivity contribution in [3.8, 4) is 39.7 Å². The van der Waals surface area contributed by atoms with Crippen LogP contribution in [0.1, 0.15) is 11.1 Å². The highest BCUT2D eigenvalue weighted by Crippen LogP contribution is 2.50. The Morgan fingerprint density at radius 3 is 1.67 bits per heavy atom. The summed E-state index contributed by atoms with van der Waals surface area (Å²) in [5, 5.41) is 6.50. The minimum Gasteiger partial charge on any atom is -0.309 e. The Kier molecular flexibility index (Phi) is 4.93. The Labute approximate surface area is 242 Å². The smallest absolute Gasteiger partial charge is 0.0915 e. The van der Waals surface area contributed by atoms with Crippen molar-refractivity contribution in [1.29, 1.82) is 0 Å². The van der Waals surface area contributed by atoms with E-state index in [0.717, 1.165) is 34.9 Å².